The molecule has 0 radical (unpaired) electrons. The van der Waals surface area contributed by atoms with E-state index >= 15 is 0 Å². The van der Waals surface area contributed by atoms with Crippen molar-refractivity contribution in [2.45, 2.75) is 45.9 Å². The number of halogens is 1. The Kier molecular flexibility index (Phi) is 5.87. The van der Waals surface area contributed by atoms with Gasteiger partial charge in [0.15, 0.2) is 0 Å². The number of carbonyl (C=O) groups excluding carboxylic acids is 1. The lowest BCUT2D eigenvalue weighted by Gasteiger charge is -2.22. The van der Waals surface area contributed by atoms with E-state index in [2.05, 4.69) is 26.6 Å². The average Bonchev–Trinajstić information content (AvgIpc) is 2.61. The van der Waals surface area contributed by atoms with E-state index in [9.17, 15) is 4.79 Å². The molecule has 0 fully saturated rings. The molecule has 0 saturated carbocycles. The molecule has 1 heterocycles. The fraction of sp³-hybridized carbons (Fsp3) is 0.615. The van der Waals surface area contributed by atoms with Gasteiger partial charge in [0.2, 0.25) is 0 Å². The Morgan fingerprint density at radius 1 is 1.53 bits per heavy atom. The van der Waals surface area contributed by atoms with E-state index in [1.165, 1.54) is 0 Å². The van der Waals surface area contributed by atoms with Crippen molar-refractivity contribution in [3.05, 3.63) is 22.6 Å². The first-order valence-electron chi connectivity index (χ1n) is 6.20. The van der Waals surface area contributed by atoms with E-state index in [1.54, 1.807) is 6.26 Å². The van der Waals surface area contributed by atoms with Gasteiger partial charge in [-0.2, -0.15) is 0 Å². The first-order valence-corrected chi connectivity index (χ1v) is 6.99. The summed E-state index contributed by atoms with van der Waals surface area (Å²) in [7, 11) is 0. The van der Waals surface area contributed by atoms with E-state index in [0.29, 0.717) is 13.1 Å². The van der Waals surface area contributed by atoms with Crippen LogP contribution < -0.4 is 10.6 Å². The van der Waals surface area contributed by atoms with Gasteiger partial charge >= 0.3 is 6.09 Å². The van der Waals surface area contributed by atoms with Crippen molar-refractivity contribution in [3.63, 3.8) is 0 Å². The molecule has 6 heteroatoms. The SMILES string of the molecule is CC(CNCc1occc1Br)NC(=O)OC(C)(C)C. The van der Waals surface area contributed by atoms with Crippen molar-refractivity contribution in [1.29, 1.82) is 0 Å². The number of hydrogen-bond acceptors (Lipinski definition) is 4. The van der Waals surface area contributed by atoms with E-state index in [-0.39, 0.29) is 6.04 Å². The highest BCUT2D eigenvalue weighted by molar-refractivity contribution is 9.10. The van der Waals surface area contributed by atoms with Gasteiger partial charge in [0.1, 0.15) is 11.4 Å². The number of hydrogen-bond donors (Lipinski definition) is 2. The van der Waals surface area contributed by atoms with Crippen molar-refractivity contribution in [2.75, 3.05) is 6.54 Å². The van der Waals surface area contributed by atoms with Crippen LogP contribution in [0, 0.1) is 0 Å². The predicted octanol–water partition coefficient (Wildman–Crippen LogP) is 3.04. The molecule has 0 aromatic carbocycles. The Hall–Kier alpha value is -1.01. The van der Waals surface area contributed by atoms with Gasteiger partial charge in [-0.05, 0) is 49.7 Å². The molecule has 1 rings (SSSR count). The van der Waals surface area contributed by atoms with Crippen LogP contribution in [0.25, 0.3) is 0 Å². The molecular weight excluding hydrogens is 312 g/mol. The summed E-state index contributed by atoms with van der Waals surface area (Å²) in [4.78, 5) is 11.5. The molecule has 0 saturated heterocycles. The standard InChI is InChI=1S/C13H21BrN2O3/c1-9(16-12(17)19-13(2,3)4)7-15-8-11-10(14)5-6-18-11/h5-6,9,15H,7-8H2,1-4H3,(H,16,17). The van der Waals surface area contributed by atoms with Crippen LogP contribution in [0.4, 0.5) is 4.79 Å². The van der Waals surface area contributed by atoms with Gasteiger partial charge in [-0.3, -0.25) is 0 Å². The number of nitrogens with one attached hydrogen (secondary N) is 2. The van der Waals surface area contributed by atoms with Crippen LogP contribution in [0.1, 0.15) is 33.5 Å². The zero-order valence-corrected chi connectivity index (χ0v) is 13.3. The Bertz CT molecular complexity index is 412. The highest BCUT2D eigenvalue weighted by Gasteiger charge is 2.17. The third-order valence-corrected chi connectivity index (χ3v) is 2.90. The number of amides is 1. The van der Waals surface area contributed by atoms with E-state index in [0.717, 1.165) is 10.2 Å². The summed E-state index contributed by atoms with van der Waals surface area (Å²) >= 11 is 3.38. The van der Waals surface area contributed by atoms with Crippen LogP contribution >= 0.6 is 15.9 Å². The molecule has 0 bridgehead atoms. The summed E-state index contributed by atoms with van der Waals surface area (Å²) in [5, 5.41) is 5.97. The summed E-state index contributed by atoms with van der Waals surface area (Å²) in [6, 6.07) is 1.82. The van der Waals surface area contributed by atoms with Crippen molar-refractivity contribution < 1.29 is 13.9 Å². The Morgan fingerprint density at radius 3 is 2.74 bits per heavy atom. The van der Waals surface area contributed by atoms with E-state index in [1.807, 2.05) is 33.8 Å². The zero-order chi connectivity index (χ0) is 14.5. The second-order valence-corrected chi connectivity index (χ2v) is 6.22. The molecule has 108 valence electrons. The summed E-state index contributed by atoms with van der Waals surface area (Å²) < 4.78 is 11.4. The molecule has 0 spiro atoms. The van der Waals surface area contributed by atoms with Crippen LogP contribution in [-0.4, -0.2) is 24.3 Å². The van der Waals surface area contributed by atoms with Gasteiger partial charge in [0.05, 0.1) is 17.3 Å². The quantitative estimate of drug-likeness (QED) is 0.869. The molecule has 0 aliphatic heterocycles. The third kappa shape index (κ3) is 6.63. The largest absolute Gasteiger partial charge is 0.467 e. The second kappa shape index (κ2) is 6.96. The lowest BCUT2D eigenvalue weighted by molar-refractivity contribution is 0.0508. The highest BCUT2D eigenvalue weighted by Crippen LogP contribution is 2.16. The maximum atomic E-state index is 11.5. The molecule has 1 unspecified atom stereocenters. The second-order valence-electron chi connectivity index (χ2n) is 5.37. The normalized spacial score (nSPS) is 13.1. The van der Waals surface area contributed by atoms with Gasteiger partial charge in [-0.25, -0.2) is 4.79 Å². The molecule has 1 aromatic rings. The van der Waals surface area contributed by atoms with Crippen LogP contribution in [0.3, 0.4) is 0 Å². The molecule has 2 N–H and O–H groups in total. The highest BCUT2D eigenvalue weighted by atomic mass is 79.9. The molecule has 1 amide bonds. The first kappa shape index (κ1) is 16.0. The molecule has 1 aromatic heterocycles. The molecule has 0 aliphatic carbocycles. The zero-order valence-electron chi connectivity index (χ0n) is 11.7. The van der Waals surface area contributed by atoms with Crippen molar-refractivity contribution in [1.82, 2.24) is 10.6 Å². The lowest BCUT2D eigenvalue weighted by Crippen LogP contribution is -2.42. The fourth-order valence-corrected chi connectivity index (χ4v) is 1.75. The van der Waals surface area contributed by atoms with Crippen molar-refractivity contribution >= 4 is 22.0 Å². The van der Waals surface area contributed by atoms with Crippen LogP contribution in [0.2, 0.25) is 0 Å². The third-order valence-electron chi connectivity index (χ3n) is 2.19. The Morgan fingerprint density at radius 2 is 2.21 bits per heavy atom. The number of carbonyl (C=O) groups is 1. The topological polar surface area (TPSA) is 63.5 Å². The molecule has 5 nitrogen and oxygen atoms in total. The molecular formula is C13H21BrN2O3. The summed E-state index contributed by atoms with van der Waals surface area (Å²) in [5.41, 5.74) is -0.476. The minimum Gasteiger partial charge on any atom is -0.467 e. The van der Waals surface area contributed by atoms with Crippen molar-refractivity contribution in [2.24, 2.45) is 0 Å². The minimum atomic E-state index is -0.476. The maximum Gasteiger partial charge on any atom is 0.407 e. The summed E-state index contributed by atoms with van der Waals surface area (Å²) in [6.45, 7) is 8.66. The average molecular weight is 333 g/mol. The van der Waals surface area contributed by atoms with Crippen LogP contribution in [0.15, 0.2) is 21.2 Å². The van der Waals surface area contributed by atoms with E-state index in [4.69, 9.17) is 9.15 Å². The molecule has 19 heavy (non-hydrogen) atoms. The van der Waals surface area contributed by atoms with Crippen molar-refractivity contribution in [3.8, 4) is 0 Å². The Labute approximate surface area is 122 Å². The summed E-state index contributed by atoms with van der Waals surface area (Å²) in [5.74, 6) is 0.837. The Balaban J connectivity index is 2.23. The molecule has 1 atom stereocenters. The number of rotatable bonds is 5. The summed E-state index contributed by atoms with van der Waals surface area (Å²) in [6.07, 6.45) is 1.23. The van der Waals surface area contributed by atoms with E-state index < -0.39 is 11.7 Å². The van der Waals surface area contributed by atoms with Crippen LogP contribution in [0.5, 0.6) is 0 Å². The van der Waals surface area contributed by atoms with Gasteiger partial charge < -0.3 is 19.8 Å². The number of furan rings is 1. The maximum absolute atomic E-state index is 11.5. The van der Waals surface area contributed by atoms with Gasteiger partial charge in [0, 0.05) is 12.6 Å². The number of ether oxygens (including phenoxy) is 1. The predicted molar refractivity (Wildman–Crippen MR) is 76.9 cm³/mol. The minimum absolute atomic E-state index is 0.0245. The fourth-order valence-electron chi connectivity index (χ4n) is 1.41. The van der Waals surface area contributed by atoms with Crippen LogP contribution in [-0.2, 0) is 11.3 Å². The van der Waals surface area contributed by atoms with Gasteiger partial charge in [0.25, 0.3) is 0 Å². The lowest BCUT2D eigenvalue weighted by atomic mass is 10.2. The molecule has 0 aliphatic rings. The monoisotopic (exact) mass is 332 g/mol. The first-order chi connectivity index (χ1) is 8.78. The van der Waals surface area contributed by atoms with Gasteiger partial charge in [-0.1, -0.05) is 0 Å². The smallest absolute Gasteiger partial charge is 0.407 e. The van der Waals surface area contributed by atoms with Gasteiger partial charge in [-0.15, -0.1) is 0 Å². The number of alkyl carbamates (subject to hydrolysis) is 1.